The van der Waals surface area contributed by atoms with Gasteiger partial charge in [0.1, 0.15) is 24.7 Å². The third-order valence-corrected chi connectivity index (χ3v) is 4.23. The van der Waals surface area contributed by atoms with Gasteiger partial charge in [-0.25, -0.2) is 0 Å². The Balaban J connectivity index is 1.43. The van der Waals surface area contributed by atoms with E-state index in [1.165, 1.54) is 0 Å². The van der Waals surface area contributed by atoms with E-state index in [1.807, 2.05) is 54.6 Å². The molecule has 150 valence electrons. The zero-order chi connectivity index (χ0) is 20.5. The maximum Gasteiger partial charge on any atom is 0.243 e. The van der Waals surface area contributed by atoms with Crippen molar-refractivity contribution in [2.75, 3.05) is 30.4 Å². The van der Waals surface area contributed by atoms with E-state index in [4.69, 9.17) is 32.7 Å². The molecule has 29 heavy (non-hydrogen) atoms. The molecule has 3 rings (SSSR count). The molecule has 7 heteroatoms. The predicted octanol–water partition coefficient (Wildman–Crippen LogP) is 5.50. The second-order valence-corrected chi connectivity index (χ2v) is 6.97. The van der Waals surface area contributed by atoms with E-state index in [0.29, 0.717) is 34.7 Å². The van der Waals surface area contributed by atoms with Crippen LogP contribution in [-0.4, -0.2) is 25.7 Å². The minimum Gasteiger partial charge on any atom is -0.490 e. The van der Waals surface area contributed by atoms with Crippen molar-refractivity contribution < 1.29 is 14.3 Å². The van der Waals surface area contributed by atoms with Crippen molar-refractivity contribution in [3.05, 3.63) is 82.8 Å². The van der Waals surface area contributed by atoms with E-state index in [2.05, 4.69) is 10.6 Å². The lowest BCUT2D eigenvalue weighted by atomic mass is 10.3. The van der Waals surface area contributed by atoms with Crippen LogP contribution in [0.25, 0.3) is 0 Å². The molecule has 0 unspecified atom stereocenters. The average Bonchev–Trinajstić information content (AvgIpc) is 2.70. The molecule has 1 amide bonds. The summed E-state index contributed by atoms with van der Waals surface area (Å²) in [7, 11) is 0. The molecule has 2 N–H and O–H groups in total. The largest absolute Gasteiger partial charge is 0.490 e. The fourth-order valence-corrected chi connectivity index (χ4v) is 3.07. The minimum atomic E-state index is -0.217. The van der Waals surface area contributed by atoms with E-state index < -0.39 is 0 Å². The summed E-state index contributed by atoms with van der Waals surface area (Å²) in [5.41, 5.74) is 1.32. The average molecular weight is 431 g/mol. The number of ether oxygens (including phenoxy) is 2. The Labute approximate surface area is 179 Å². The maximum absolute atomic E-state index is 12.1. The SMILES string of the molecule is O=C(CNc1cccc(OCCOc2ccccc2)c1)Nc1cc(Cl)cc(Cl)c1. The lowest BCUT2D eigenvalue weighted by Crippen LogP contribution is -2.21. The molecule has 3 aromatic rings. The van der Waals surface area contributed by atoms with Gasteiger partial charge in [-0.2, -0.15) is 0 Å². The molecule has 0 saturated carbocycles. The number of benzene rings is 3. The fourth-order valence-electron chi connectivity index (χ4n) is 2.55. The summed E-state index contributed by atoms with van der Waals surface area (Å²) in [5, 5.41) is 6.73. The first-order chi connectivity index (χ1) is 14.1. The van der Waals surface area contributed by atoms with Crippen molar-refractivity contribution in [2.24, 2.45) is 0 Å². The Morgan fingerprint density at radius 2 is 1.41 bits per heavy atom. The highest BCUT2D eigenvalue weighted by Gasteiger charge is 2.05. The Bertz CT molecular complexity index is 932. The molecule has 0 atom stereocenters. The fraction of sp³-hybridized carbons (Fsp3) is 0.136. The van der Waals surface area contributed by atoms with Gasteiger partial charge in [0.15, 0.2) is 0 Å². The summed E-state index contributed by atoms with van der Waals surface area (Å²) in [6.45, 7) is 0.936. The van der Waals surface area contributed by atoms with Crippen LogP contribution in [0.2, 0.25) is 10.0 Å². The van der Waals surface area contributed by atoms with Gasteiger partial charge < -0.3 is 20.1 Å². The number of carbonyl (C=O) groups excluding carboxylic acids is 1. The van der Waals surface area contributed by atoms with E-state index >= 15 is 0 Å². The molecule has 0 radical (unpaired) electrons. The number of rotatable bonds is 9. The molecule has 0 aliphatic heterocycles. The summed E-state index contributed by atoms with van der Waals surface area (Å²) in [4.78, 5) is 12.1. The molecule has 0 heterocycles. The van der Waals surface area contributed by atoms with Gasteiger partial charge in [-0.3, -0.25) is 4.79 Å². The summed E-state index contributed by atoms with van der Waals surface area (Å²) < 4.78 is 11.3. The second-order valence-electron chi connectivity index (χ2n) is 6.10. The lowest BCUT2D eigenvalue weighted by molar-refractivity contribution is -0.114. The van der Waals surface area contributed by atoms with Gasteiger partial charge >= 0.3 is 0 Å². The van der Waals surface area contributed by atoms with E-state index in [9.17, 15) is 4.79 Å². The standard InChI is InChI=1S/C22H20Cl2N2O3/c23-16-11-17(24)13-19(12-16)26-22(27)15-25-18-5-4-8-21(14-18)29-10-9-28-20-6-2-1-3-7-20/h1-8,11-14,25H,9-10,15H2,(H,26,27). The number of carbonyl (C=O) groups is 1. The molecular weight excluding hydrogens is 411 g/mol. The van der Waals surface area contributed by atoms with Crippen molar-refractivity contribution in [2.45, 2.75) is 0 Å². The van der Waals surface area contributed by atoms with Gasteiger partial charge in [-0.15, -0.1) is 0 Å². The Hall–Kier alpha value is -2.89. The molecule has 0 saturated heterocycles. The van der Waals surface area contributed by atoms with E-state index in [-0.39, 0.29) is 12.5 Å². The number of anilines is 2. The molecular formula is C22H20Cl2N2O3. The number of halogens is 2. The number of hydrogen-bond donors (Lipinski definition) is 2. The van der Waals surface area contributed by atoms with Crippen LogP contribution < -0.4 is 20.1 Å². The highest BCUT2D eigenvalue weighted by atomic mass is 35.5. The van der Waals surface area contributed by atoms with Crippen LogP contribution in [0.1, 0.15) is 0 Å². The third kappa shape index (κ3) is 7.22. The zero-order valence-electron chi connectivity index (χ0n) is 15.5. The van der Waals surface area contributed by atoms with Crippen LogP contribution in [-0.2, 0) is 4.79 Å². The van der Waals surface area contributed by atoms with Gasteiger partial charge in [0.25, 0.3) is 0 Å². The summed E-state index contributed by atoms with van der Waals surface area (Å²) in [5.74, 6) is 1.28. The van der Waals surface area contributed by atoms with Crippen LogP contribution in [0.4, 0.5) is 11.4 Å². The lowest BCUT2D eigenvalue weighted by Gasteiger charge is -2.11. The number of amides is 1. The van der Waals surface area contributed by atoms with Crippen molar-refractivity contribution in [1.29, 1.82) is 0 Å². The quantitative estimate of drug-likeness (QED) is 0.439. The van der Waals surface area contributed by atoms with Crippen molar-refractivity contribution in [3.8, 4) is 11.5 Å². The van der Waals surface area contributed by atoms with Gasteiger partial charge in [0.2, 0.25) is 5.91 Å². The topological polar surface area (TPSA) is 59.6 Å². The minimum absolute atomic E-state index is 0.0880. The number of nitrogens with one attached hydrogen (secondary N) is 2. The first kappa shape index (κ1) is 20.8. The molecule has 0 aliphatic carbocycles. The van der Waals surface area contributed by atoms with Crippen LogP contribution in [0, 0.1) is 0 Å². The normalized spacial score (nSPS) is 10.3. The molecule has 0 bridgehead atoms. The van der Waals surface area contributed by atoms with Crippen LogP contribution in [0.5, 0.6) is 11.5 Å². The highest BCUT2D eigenvalue weighted by molar-refractivity contribution is 6.35. The Morgan fingerprint density at radius 1 is 0.759 bits per heavy atom. The van der Waals surface area contributed by atoms with Crippen molar-refractivity contribution in [3.63, 3.8) is 0 Å². The summed E-state index contributed by atoms with van der Waals surface area (Å²) in [6, 6.07) is 21.8. The predicted molar refractivity (Wildman–Crippen MR) is 117 cm³/mol. The smallest absolute Gasteiger partial charge is 0.243 e. The Morgan fingerprint density at radius 3 is 2.14 bits per heavy atom. The van der Waals surface area contributed by atoms with Gasteiger partial charge in [-0.05, 0) is 42.5 Å². The zero-order valence-corrected chi connectivity index (χ0v) is 17.0. The molecule has 0 fully saturated rings. The number of hydrogen-bond acceptors (Lipinski definition) is 4. The molecule has 5 nitrogen and oxygen atoms in total. The van der Waals surface area contributed by atoms with Gasteiger partial charge in [0, 0.05) is 27.5 Å². The highest BCUT2D eigenvalue weighted by Crippen LogP contribution is 2.22. The maximum atomic E-state index is 12.1. The van der Waals surface area contributed by atoms with Crippen molar-refractivity contribution >= 4 is 40.5 Å². The van der Waals surface area contributed by atoms with E-state index in [1.54, 1.807) is 18.2 Å². The second kappa shape index (κ2) is 10.6. The van der Waals surface area contributed by atoms with Crippen molar-refractivity contribution in [1.82, 2.24) is 0 Å². The first-order valence-corrected chi connectivity index (χ1v) is 9.74. The van der Waals surface area contributed by atoms with Gasteiger partial charge in [0.05, 0.1) is 6.54 Å². The van der Waals surface area contributed by atoms with E-state index in [0.717, 1.165) is 11.4 Å². The van der Waals surface area contributed by atoms with Crippen LogP contribution in [0.15, 0.2) is 72.8 Å². The summed E-state index contributed by atoms with van der Waals surface area (Å²) >= 11 is 11.9. The third-order valence-electron chi connectivity index (χ3n) is 3.80. The number of para-hydroxylation sites is 1. The van der Waals surface area contributed by atoms with Crippen LogP contribution >= 0.6 is 23.2 Å². The molecule has 0 aliphatic rings. The summed E-state index contributed by atoms with van der Waals surface area (Å²) in [6.07, 6.45) is 0. The van der Waals surface area contributed by atoms with Gasteiger partial charge in [-0.1, -0.05) is 47.5 Å². The monoisotopic (exact) mass is 430 g/mol. The molecule has 3 aromatic carbocycles. The first-order valence-electron chi connectivity index (χ1n) is 8.99. The molecule has 0 spiro atoms. The molecule has 0 aromatic heterocycles. The van der Waals surface area contributed by atoms with Crippen LogP contribution in [0.3, 0.4) is 0 Å². The Kier molecular flexibility index (Phi) is 7.61.